The second kappa shape index (κ2) is 6.71. The van der Waals surface area contributed by atoms with Crippen LogP contribution in [-0.4, -0.2) is 43.7 Å². The van der Waals surface area contributed by atoms with Gasteiger partial charge in [0.2, 0.25) is 0 Å². The molecule has 1 aliphatic rings. The molecule has 3 aromatic heterocycles. The average molecular weight is 374 g/mol. The molecule has 0 fully saturated rings. The molecule has 4 heterocycles. The maximum atomic E-state index is 4.63. The van der Waals surface area contributed by atoms with Gasteiger partial charge >= 0.3 is 0 Å². The lowest BCUT2D eigenvalue weighted by molar-refractivity contribution is 0.385. The van der Waals surface area contributed by atoms with Crippen LogP contribution in [0.4, 0.5) is 0 Å². The van der Waals surface area contributed by atoms with Crippen molar-refractivity contribution in [3.63, 3.8) is 0 Å². The molecular formula is C22H26N6. The molecule has 0 spiro atoms. The van der Waals surface area contributed by atoms with Gasteiger partial charge in [-0.25, -0.2) is 4.98 Å². The van der Waals surface area contributed by atoms with Gasteiger partial charge in [0.1, 0.15) is 5.65 Å². The first kappa shape index (κ1) is 18.1. The molecule has 0 amide bonds. The minimum Gasteiger partial charge on any atom is -0.382 e. The fourth-order valence-corrected chi connectivity index (χ4v) is 3.56. The van der Waals surface area contributed by atoms with Crippen LogP contribution in [0.3, 0.4) is 0 Å². The van der Waals surface area contributed by atoms with Crippen molar-refractivity contribution in [1.29, 1.82) is 0 Å². The van der Waals surface area contributed by atoms with E-state index in [2.05, 4.69) is 95.1 Å². The summed E-state index contributed by atoms with van der Waals surface area (Å²) in [5.41, 5.74) is 6.03. The number of rotatable bonds is 4. The van der Waals surface area contributed by atoms with Crippen molar-refractivity contribution in [2.75, 3.05) is 7.05 Å². The summed E-state index contributed by atoms with van der Waals surface area (Å²) < 4.78 is 0. The molecule has 3 N–H and O–H groups in total. The summed E-state index contributed by atoms with van der Waals surface area (Å²) in [6.45, 7) is 10.7. The molecule has 0 saturated carbocycles. The Morgan fingerprint density at radius 1 is 1.21 bits per heavy atom. The summed E-state index contributed by atoms with van der Waals surface area (Å²) in [5, 5.41) is 11.4. The number of hydrogen-bond acceptors (Lipinski definition) is 4. The van der Waals surface area contributed by atoms with Gasteiger partial charge in [0.15, 0.2) is 0 Å². The Balaban J connectivity index is 1.63. The van der Waals surface area contributed by atoms with Crippen molar-refractivity contribution >= 4 is 16.7 Å². The summed E-state index contributed by atoms with van der Waals surface area (Å²) in [5.74, 6) is 0. The molecule has 6 heteroatoms. The highest BCUT2D eigenvalue weighted by Gasteiger charge is 2.24. The summed E-state index contributed by atoms with van der Waals surface area (Å²) in [7, 11) is 2.09. The fraction of sp³-hybridized carbons (Fsp3) is 0.273. The van der Waals surface area contributed by atoms with Gasteiger partial charge in [-0.3, -0.25) is 5.10 Å². The van der Waals surface area contributed by atoms with E-state index in [1.807, 2.05) is 12.4 Å². The Morgan fingerprint density at radius 2 is 2.04 bits per heavy atom. The van der Waals surface area contributed by atoms with E-state index in [0.717, 1.165) is 39.2 Å². The molecule has 0 aromatic carbocycles. The minimum absolute atomic E-state index is 0.0256. The zero-order valence-electron chi connectivity index (χ0n) is 16.7. The van der Waals surface area contributed by atoms with E-state index in [0.29, 0.717) is 0 Å². The van der Waals surface area contributed by atoms with Crippen molar-refractivity contribution in [2.24, 2.45) is 0 Å². The number of fused-ring (bicyclic) bond motifs is 1. The van der Waals surface area contributed by atoms with E-state index in [4.69, 9.17) is 0 Å². The molecule has 0 saturated heterocycles. The van der Waals surface area contributed by atoms with E-state index >= 15 is 0 Å². The van der Waals surface area contributed by atoms with Gasteiger partial charge in [0, 0.05) is 52.9 Å². The normalized spacial score (nSPS) is 17.1. The molecule has 28 heavy (non-hydrogen) atoms. The number of likely N-dealkylation sites (N-methyl/N-ethyl adjacent to an activating group) is 1. The Kier molecular flexibility index (Phi) is 4.34. The number of hydrogen-bond donors (Lipinski definition) is 3. The SMILES string of the molecule is C=C(NC(C)(C)C)C1C=CC=C(c2cnc3[nH]c(-c4cn[nH]c4)cc3c2)N1C. The van der Waals surface area contributed by atoms with E-state index in [-0.39, 0.29) is 11.6 Å². The van der Waals surface area contributed by atoms with Crippen molar-refractivity contribution in [1.82, 2.24) is 30.4 Å². The summed E-state index contributed by atoms with van der Waals surface area (Å²) >= 11 is 0. The first-order chi connectivity index (χ1) is 13.3. The van der Waals surface area contributed by atoms with Gasteiger partial charge in [0.05, 0.1) is 17.9 Å². The van der Waals surface area contributed by atoms with E-state index < -0.39 is 0 Å². The molecule has 3 aromatic rings. The Bertz CT molecular complexity index is 1060. The second-order valence-corrected chi connectivity index (χ2v) is 8.22. The zero-order valence-corrected chi connectivity index (χ0v) is 16.7. The molecule has 1 atom stereocenters. The predicted molar refractivity (Wildman–Crippen MR) is 114 cm³/mol. The van der Waals surface area contributed by atoms with Crippen molar-refractivity contribution < 1.29 is 0 Å². The maximum Gasteiger partial charge on any atom is 0.137 e. The topological polar surface area (TPSA) is 72.6 Å². The van der Waals surface area contributed by atoms with Crippen LogP contribution in [-0.2, 0) is 0 Å². The first-order valence-corrected chi connectivity index (χ1v) is 9.38. The predicted octanol–water partition coefficient (Wildman–Crippen LogP) is 4.07. The van der Waals surface area contributed by atoms with Gasteiger partial charge in [-0.15, -0.1) is 0 Å². The third kappa shape index (κ3) is 3.45. The van der Waals surface area contributed by atoms with Crippen molar-refractivity contribution in [3.05, 3.63) is 66.8 Å². The first-order valence-electron chi connectivity index (χ1n) is 9.38. The summed E-state index contributed by atoms with van der Waals surface area (Å²) in [6.07, 6.45) is 11.9. The van der Waals surface area contributed by atoms with Gasteiger partial charge in [-0.1, -0.05) is 18.7 Å². The van der Waals surface area contributed by atoms with Gasteiger partial charge in [-0.05, 0) is 39.0 Å². The van der Waals surface area contributed by atoms with Crippen molar-refractivity contribution in [3.8, 4) is 11.3 Å². The highest BCUT2D eigenvalue weighted by Crippen LogP contribution is 2.29. The quantitative estimate of drug-likeness (QED) is 0.644. The Labute approximate surface area is 165 Å². The van der Waals surface area contributed by atoms with Crippen LogP contribution in [0.15, 0.2) is 61.2 Å². The second-order valence-electron chi connectivity index (χ2n) is 8.22. The average Bonchev–Trinajstić information content (AvgIpc) is 3.29. The highest BCUT2D eigenvalue weighted by molar-refractivity contribution is 5.85. The van der Waals surface area contributed by atoms with E-state index in [1.54, 1.807) is 6.20 Å². The zero-order chi connectivity index (χ0) is 19.9. The lowest BCUT2D eigenvalue weighted by Gasteiger charge is -2.36. The van der Waals surface area contributed by atoms with Gasteiger partial charge < -0.3 is 15.2 Å². The van der Waals surface area contributed by atoms with E-state index in [9.17, 15) is 0 Å². The van der Waals surface area contributed by atoms with Crippen LogP contribution in [0.1, 0.15) is 26.3 Å². The van der Waals surface area contributed by atoms with Crippen LogP contribution in [0.5, 0.6) is 0 Å². The van der Waals surface area contributed by atoms with Crippen LogP contribution in [0, 0.1) is 0 Å². The molecule has 0 bridgehead atoms. The molecule has 1 aliphatic heterocycles. The van der Waals surface area contributed by atoms with E-state index in [1.165, 1.54) is 0 Å². The Hall–Kier alpha value is -3.28. The monoisotopic (exact) mass is 374 g/mol. The summed E-state index contributed by atoms with van der Waals surface area (Å²) in [4.78, 5) is 10.2. The molecule has 144 valence electrons. The fourth-order valence-electron chi connectivity index (χ4n) is 3.56. The van der Waals surface area contributed by atoms with Crippen LogP contribution in [0.2, 0.25) is 0 Å². The molecule has 6 nitrogen and oxygen atoms in total. The third-order valence-corrected chi connectivity index (χ3v) is 4.81. The van der Waals surface area contributed by atoms with Crippen molar-refractivity contribution in [2.45, 2.75) is 32.4 Å². The molecule has 4 rings (SSSR count). The van der Waals surface area contributed by atoms with Gasteiger partial charge in [0.25, 0.3) is 0 Å². The number of pyridine rings is 1. The lowest BCUT2D eigenvalue weighted by Crippen LogP contribution is -2.43. The summed E-state index contributed by atoms with van der Waals surface area (Å²) in [6, 6.07) is 4.36. The number of aromatic nitrogens is 4. The number of aromatic amines is 2. The third-order valence-electron chi connectivity index (χ3n) is 4.81. The molecule has 0 aliphatic carbocycles. The number of allylic oxidation sites excluding steroid dienone is 2. The minimum atomic E-state index is -0.0256. The molecule has 0 radical (unpaired) electrons. The molecule has 1 unspecified atom stereocenters. The largest absolute Gasteiger partial charge is 0.382 e. The number of nitrogens with zero attached hydrogens (tertiary/aromatic N) is 3. The van der Waals surface area contributed by atoms with Crippen LogP contribution < -0.4 is 5.32 Å². The highest BCUT2D eigenvalue weighted by atomic mass is 15.2. The maximum absolute atomic E-state index is 4.63. The Morgan fingerprint density at radius 3 is 2.75 bits per heavy atom. The smallest absolute Gasteiger partial charge is 0.137 e. The number of nitrogens with one attached hydrogen (secondary N) is 3. The molecular weight excluding hydrogens is 348 g/mol. The van der Waals surface area contributed by atoms with Crippen LogP contribution >= 0.6 is 0 Å². The van der Waals surface area contributed by atoms with Gasteiger partial charge in [-0.2, -0.15) is 5.10 Å². The lowest BCUT2D eigenvalue weighted by atomic mass is 10.0. The number of H-pyrrole nitrogens is 2. The standard InChI is InChI=1S/C22H26N6/c1-14(27-22(2,3)4)19-7-6-8-20(28(19)5)16-9-15-10-18(17-12-24-25-13-17)26-21(15)23-11-16/h6-13,19,27H,1H2,2-5H3,(H,23,26)(H,24,25). The van der Waals surface area contributed by atoms with Crippen LogP contribution in [0.25, 0.3) is 28.0 Å².